The molecule has 1 N–H and O–H groups in total. The Morgan fingerprint density at radius 1 is 1.60 bits per heavy atom. The Hall–Kier alpha value is -1.25. The van der Waals surface area contributed by atoms with E-state index in [2.05, 4.69) is 5.32 Å². The highest BCUT2D eigenvalue weighted by Crippen LogP contribution is 2.42. The van der Waals surface area contributed by atoms with Crippen molar-refractivity contribution in [3.63, 3.8) is 0 Å². The number of rotatable bonds is 3. The minimum absolute atomic E-state index is 0.0850. The van der Waals surface area contributed by atoms with Crippen molar-refractivity contribution < 1.29 is 9.53 Å². The van der Waals surface area contributed by atoms with Crippen molar-refractivity contribution in [1.82, 2.24) is 5.32 Å². The first-order chi connectivity index (χ1) is 7.09. The summed E-state index contributed by atoms with van der Waals surface area (Å²) in [4.78, 5) is 11.7. The predicted octanol–water partition coefficient (Wildman–Crippen LogP) is 1.76. The summed E-state index contributed by atoms with van der Waals surface area (Å²) in [5.41, 5.74) is 0.510. The molecule has 2 aliphatic rings. The summed E-state index contributed by atoms with van der Waals surface area (Å²) in [7, 11) is 1.64. The lowest BCUT2D eigenvalue weighted by Crippen LogP contribution is -2.50. The molecule has 0 saturated heterocycles. The first-order valence-corrected chi connectivity index (χ1v) is 5.33. The molecule has 1 atom stereocenters. The normalized spacial score (nSPS) is 30.1. The van der Waals surface area contributed by atoms with Crippen LogP contribution in [-0.4, -0.2) is 18.4 Å². The molecule has 82 valence electrons. The minimum atomic E-state index is -0.679. The molecule has 15 heavy (non-hydrogen) atoms. The first kappa shape index (κ1) is 10.3. The third-order valence-electron chi connectivity index (χ3n) is 3.28. The van der Waals surface area contributed by atoms with Crippen molar-refractivity contribution >= 4 is 5.78 Å². The highest BCUT2D eigenvalue weighted by atomic mass is 16.5. The second-order valence-electron chi connectivity index (χ2n) is 4.42. The Kier molecular flexibility index (Phi) is 2.33. The van der Waals surface area contributed by atoms with Gasteiger partial charge in [-0.1, -0.05) is 0 Å². The number of nitrogens with one attached hydrogen (secondary N) is 1. The fourth-order valence-electron chi connectivity index (χ4n) is 2.03. The van der Waals surface area contributed by atoms with Crippen LogP contribution in [0.4, 0.5) is 0 Å². The largest absolute Gasteiger partial charge is 0.498 e. The van der Waals surface area contributed by atoms with Crippen molar-refractivity contribution in [3.8, 4) is 0 Å². The van der Waals surface area contributed by atoms with Gasteiger partial charge in [-0.2, -0.15) is 0 Å². The van der Waals surface area contributed by atoms with Crippen LogP contribution in [-0.2, 0) is 9.53 Å². The molecular formula is C12H17NO2. The van der Waals surface area contributed by atoms with E-state index in [-0.39, 0.29) is 5.78 Å². The molecule has 1 unspecified atom stereocenters. The van der Waals surface area contributed by atoms with E-state index in [1.807, 2.05) is 19.2 Å². The number of carbonyl (C=O) groups excluding carboxylic acids is 1. The van der Waals surface area contributed by atoms with Crippen LogP contribution in [0.5, 0.6) is 0 Å². The van der Waals surface area contributed by atoms with E-state index in [9.17, 15) is 4.79 Å². The van der Waals surface area contributed by atoms with Gasteiger partial charge in [0.25, 0.3) is 0 Å². The topological polar surface area (TPSA) is 38.3 Å². The number of hydrogen-bond acceptors (Lipinski definition) is 3. The van der Waals surface area contributed by atoms with Crippen LogP contribution >= 0.6 is 0 Å². The van der Waals surface area contributed by atoms with E-state index in [1.54, 1.807) is 14.0 Å². The van der Waals surface area contributed by atoms with Crippen LogP contribution in [0.1, 0.15) is 26.7 Å². The molecule has 0 aromatic carbocycles. The Labute approximate surface area is 90.2 Å². The predicted molar refractivity (Wildman–Crippen MR) is 58.1 cm³/mol. The fourth-order valence-corrected chi connectivity index (χ4v) is 2.03. The van der Waals surface area contributed by atoms with E-state index in [0.29, 0.717) is 5.92 Å². The van der Waals surface area contributed by atoms with Crippen LogP contribution in [0.25, 0.3) is 0 Å². The minimum Gasteiger partial charge on any atom is -0.498 e. The molecule has 1 aliphatic carbocycles. The number of ketones is 1. The summed E-state index contributed by atoms with van der Waals surface area (Å²) in [5.74, 6) is 1.47. The van der Waals surface area contributed by atoms with Crippen molar-refractivity contribution in [1.29, 1.82) is 0 Å². The second kappa shape index (κ2) is 3.40. The quantitative estimate of drug-likeness (QED) is 0.766. The Morgan fingerprint density at radius 3 is 2.73 bits per heavy atom. The third-order valence-corrected chi connectivity index (χ3v) is 3.28. The van der Waals surface area contributed by atoms with E-state index >= 15 is 0 Å². The summed E-state index contributed by atoms with van der Waals surface area (Å²) in [5, 5.41) is 3.10. The summed E-state index contributed by atoms with van der Waals surface area (Å²) in [6.07, 6.45) is 6.31. The standard InChI is InChI=1S/C12H17NO2/c1-8(14)12(2)11(15-3)10(6-7-13-12)9-4-5-9/h6-7,9,13H,4-5H2,1-3H3. The molecule has 0 aromatic heterocycles. The molecule has 0 spiro atoms. The maximum absolute atomic E-state index is 11.7. The van der Waals surface area contributed by atoms with Crippen molar-refractivity contribution in [2.24, 2.45) is 5.92 Å². The number of allylic oxidation sites excluding steroid dienone is 2. The zero-order chi connectivity index (χ0) is 11.1. The van der Waals surface area contributed by atoms with Crippen LogP contribution in [0.3, 0.4) is 0 Å². The lowest BCUT2D eigenvalue weighted by molar-refractivity contribution is -0.122. The number of Topliss-reactive ketones (excluding diaryl/α,β-unsaturated/α-hetero) is 1. The number of carbonyl (C=O) groups is 1. The second-order valence-corrected chi connectivity index (χ2v) is 4.42. The lowest BCUT2D eigenvalue weighted by atomic mass is 9.88. The van der Waals surface area contributed by atoms with Gasteiger partial charge in [0.15, 0.2) is 11.3 Å². The van der Waals surface area contributed by atoms with E-state index in [4.69, 9.17) is 4.74 Å². The summed E-state index contributed by atoms with van der Waals surface area (Å²) in [6.45, 7) is 3.47. The number of dihydropyridines is 1. The van der Waals surface area contributed by atoms with Gasteiger partial charge < -0.3 is 10.1 Å². The number of methoxy groups -OCH3 is 1. The number of hydrogen-bond donors (Lipinski definition) is 1. The van der Waals surface area contributed by atoms with Gasteiger partial charge in [0.05, 0.1) is 7.11 Å². The monoisotopic (exact) mass is 207 g/mol. The van der Waals surface area contributed by atoms with Gasteiger partial charge in [0, 0.05) is 0 Å². The van der Waals surface area contributed by atoms with Crippen LogP contribution in [0.2, 0.25) is 0 Å². The molecule has 1 heterocycles. The van der Waals surface area contributed by atoms with E-state index in [1.165, 1.54) is 18.4 Å². The van der Waals surface area contributed by atoms with Gasteiger partial charge in [-0.25, -0.2) is 0 Å². The maximum Gasteiger partial charge on any atom is 0.162 e. The molecular weight excluding hydrogens is 190 g/mol. The Balaban J connectivity index is 2.43. The van der Waals surface area contributed by atoms with Crippen molar-refractivity contribution in [3.05, 3.63) is 23.6 Å². The highest BCUT2D eigenvalue weighted by molar-refractivity contribution is 5.89. The summed E-state index contributed by atoms with van der Waals surface area (Å²) in [6, 6.07) is 0. The number of ether oxygens (including phenoxy) is 1. The molecule has 1 fully saturated rings. The van der Waals surface area contributed by atoms with Gasteiger partial charge in [-0.05, 0) is 50.5 Å². The van der Waals surface area contributed by atoms with Gasteiger partial charge in [-0.15, -0.1) is 0 Å². The van der Waals surface area contributed by atoms with E-state index < -0.39 is 5.54 Å². The van der Waals surface area contributed by atoms with Crippen LogP contribution in [0.15, 0.2) is 23.6 Å². The molecule has 1 aliphatic heterocycles. The average molecular weight is 207 g/mol. The lowest BCUT2D eigenvalue weighted by Gasteiger charge is -2.33. The summed E-state index contributed by atoms with van der Waals surface area (Å²) >= 11 is 0. The molecule has 0 aromatic rings. The molecule has 0 amide bonds. The maximum atomic E-state index is 11.7. The van der Waals surface area contributed by atoms with Crippen LogP contribution < -0.4 is 5.32 Å². The molecule has 3 heteroatoms. The van der Waals surface area contributed by atoms with Gasteiger partial charge in [0.2, 0.25) is 0 Å². The van der Waals surface area contributed by atoms with Crippen molar-refractivity contribution in [2.45, 2.75) is 32.2 Å². The zero-order valence-electron chi connectivity index (χ0n) is 9.46. The Bertz CT molecular complexity index is 353. The SMILES string of the molecule is COC1=C(C2CC2)C=CNC1(C)C(C)=O. The van der Waals surface area contributed by atoms with Gasteiger partial charge >= 0.3 is 0 Å². The highest BCUT2D eigenvalue weighted by Gasteiger charge is 2.41. The first-order valence-electron chi connectivity index (χ1n) is 5.33. The molecule has 2 rings (SSSR count). The molecule has 0 bridgehead atoms. The molecule has 3 nitrogen and oxygen atoms in total. The van der Waals surface area contributed by atoms with E-state index in [0.717, 1.165) is 5.76 Å². The fraction of sp³-hybridized carbons (Fsp3) is 0.583. The van der Waals surface area contributed by atoms with Crippen LogP contribution in [0, 0.1) is 5.92 Å². The van der Waals surface area contributed by atoms with Crippen molar-refractivity contribution in [2.75, 3.05) is 7.11 Å². The van der Waals surface area contributed by atoms with Gasteiger partial charge in [0.1, 0.15) is 5.76 Å². The summed E-state index contributed by atoms with van der Waals surface area (Å²) < 4.78 is 5.43. The van der Waals surface area contributed by atoms with Gasteiger partial charge in [-0.3, -0.25) is 4.79 Å². The zero-order valence-corrected chi connectivity index (χ0v) is 9.46. The molecule has 1 saturated carbocycles. The molecule has 0 radical (unpaired) electrons. The third kappa shape index (κ3) is 1.56. The Morgan fingerprint density at radius 2 is 2.27 bits per heavy atom. The smallest absolute Gasteiger partial charge is 0.162 e. The average Bonchev–Trinajstić information content (AvgIpc) is 3.00.